The maximum absolute atomic E-state index is 12.0. The van der Waals surface area contributed by atoms with Crippen molar-refractivity contribution in [3.05, 3.63) is 62.7 Å². The Labute approximate surface area is 147 Å². The van der Waals surface area contributed by atoms with Gasteiger partial charge in [0.2, 0.25) is 0 Å². The van der Waals surface area contributed by atoms with Crippen LogP contribution in [0.2, 0.25) is 5.02 Å². The van der Waals surface area contributed by atoms with Crippen molar-refractivity contribution >= 4 is 34.8 Å². The molecule has 2 aromatic rings. The minimum Gasteiger partial charge on any atom is -0.483 e. The molecule has 25 heavy (non-hydrogen) atoms. The number of nitro groups is 1. The third-order valence-corrected chi connectivity index (χ3v) is 3.58. The third kappa shape index (κ3) is 4.45. The Kier molecular flexibility index (Phi) is 5.56. The van der Waals surface area contributed by atoms with Crippen molar-refractivity contribution in [1.29, 1.82) is 0 Å². The van der Waals surface area contributed by atoms with Gasteiger partial charge in [-0.3, -0.25) is 19.7 Å². The summed E-state index contributed by atoms with van der Waals surface area (Å²) in [6.07, 6.45) is 0. The zero-order chi connectivity index (χ0) is 18.6. The quantitative estimate of drug-likeness (QED) is 0.603. The summed E-state index contributed by atoms with van der Waals surface area (Å²) in [7, 11) is 0. The number of anilines is 1. The van der Waals surface area contributed by atoms with Crippen molar-refractivity contribution in [1.82, 2.24) is 0 Å². The van der Waals surface area contributed by atoms with Crippen LogP contribution >= 0.6 is 11.6 Å². The molecule has 0 saturated heterocycles. The number of benzene rings is 2. The number of ether oxygens (including phenoxy) is 1. The van der Waals surface area contributed by atoms with Gasteiger partial charge in [-0.15, -0.1) is 0 Å². The van der Waals surface area contributed by atoms with Gasteiger partial charge in [0.15, 0.2) is 6.61 Å². The highest BCUT2D eigenvalue weighted by Gasteiger charge is 2.16. The van der Waals surface area contributed by atoms with E-state index in [0.717, 1.165) is 0 Å². The number of halogens is 1. The Balaban J connectivity index is 2.09. The molecule has 0 saturated carbocycles. The molecule has 0 fully saturated rings. The number of nitrogens with zero attached hydrogens (tertiary/aromatic N) is 1. The van der Waals surface area contributed by atoms with E-state index in [1.807, 2.05) is 0 Å². The fourth-order valence-electron chi connectivity index (χ4n) is 2.11. The van der Waals surface area contributed by atoms with Gasteiger partial charge in [0.1, 0.15) is 5.75 Å². The van der Waals surface area contributed by atoms with Crippen LogP contribution in [0.25, 0.3) is 0 Å². The van der Waals surface area contributed by atoms with Crippen molar-refractivity contribution in [2.45, 2.75) is 6.92 Å². The summed E-state index contributed by atoms with van der Waals surface area (Å²) in [5.41, 5.74) is 5.80. The van der Waals surface area contributed by atoms with Crippen LogP contribution in [0.4, 0.5) is 11.4 Å². The first-order valence-electron chi connectivity index (χ1n) is 7.05. The van der Waals surface area contributed by atoms with Gasteiger partial charge >= 0.3 is 0 Å². The van der Waals surface area contributed by atoms with Crippen molar-refractivity contribution < 1.29 is 19.2 Å². The molecule has 0 unspecified atom stereocenters. The van der Waals surface area contributed by atoms with Gasteiger partial charge < -0.3 is 15.8 Å². The molecule has 0 bridgehead atoms. The van der Waals surface area contributed by atoms with Crippen molar-refractivity contribution in [3.63, 3.8) is 0 Å². The standard InChI is InChI=1S/C16H14ClN3O5/c1-9-12(3-2-4-13(9)20(23)24)19-15(21)8-25-14-6-5-10(17)7-11(14)16(18)22/h2-7H,8H2,1H3,(H2,18,22)(H,19,21). The van der Waals surface area contributed by atoms with Crippen LogP contribution in [-0.2, 0) is 4.79 Å². The molecule has 0 heterocycles. The zero-order valence-corrected chi connectivity index (χ0v) is 13.9. The fourth-order valence-corrected chi connectivity index (χ4v) is 2.28. The molecule has 9 heteroatoms. The number of primary amides is 1. The summed E-state index contributed by atoms with van der Waals surface area (Å²) in [5.74, 6) is -1.18. The summed E-state index contributed by atoms with van der Waals surface area (Å²) in [5, 5.41) is 13.7. The van der Waals surface area contributed by atoms with E-state index in [1.165, 1.54) is 43.3 Å². The molecule has 0 aliphatic rings. The zero-order valence-electron chi connectivity index (χ0n) is 13.1. The van der Waals surface area contributed by atoms with Crippen molar-refractivity contribution in [2.24, 2.45) is 5.73 Å². The Morgan fingerprint density at radius 3 is 2.68 bits per heavy atom. The molecule has 130 valence electrons. The van der Waals surface area contributed by atoms with Crippen LogP contribution in [0.15, 0.2) is 36.4 Å². The molecule has 0 aliphatic heterocycles. The monoisotopic (exact) mass is 363 g/mol. The van der Waals surface area contributed by atoms with E-state index in [9.17, 15) is 19.7 Å². The van der Waals surface area contributed by atoms with E-state index in [0.29, 0.717) is 16.3 Å². The number of hydrogen-bond acceptors (Lipinski definition) is 5. The number of rotatable bonds is 6. The topological polar surface area (TPSA) is 125 Å². The first kappa shape index (κ1) is 18.2. The molecule has 0 spiro atoms. The highest BCUT2D eigenvalue weighted by atomic mass is 35.5. The van der Waals surface area contributed by atoms with Gasteiger partial charge in [-0.05, 0) is 31.2 Å². The summed E-state index contributed by atoms with van der Waals surface area (Å²) >= 11 is 5.79. The molecule has 0 aromatic heterocycles. The van der Waals surface area contributed by atoms with E-state index >= 15 is 0 Å². The van der Waals surface area contributed by atoms with Gasteiger partial charge in [-0.1, -0.05) is 17.7 Å². The second kappa shape index (κ2) is 7.63. The third-order valence-electron chi connectivity index (χ3n) is 3.34. The lowest BCUT2D eigenvalue weighted by molar-refractivity contribution is -0.385. The fraction of sp³-hybridized carbons (Fsp3) is 0.125. The molecular formula is C16H14ClN3O5. The van der Waals surface area contributed by atoms with Crippen LogP contribution in [-0.4, -0.2) is 23.3 Å². The molecule has 0 atom stereocenters. The Morgan fingerprint density at radius 2 is 2.04 bits per heavy atom. The van der Waals surface area contributed by atoms with Crippen LogP contribution in [0.5, 0.6) is 5.75 Å². The number of nitrogens with two attached hydrogens (primary N) is 1. The maximum Gasteiger partial charge on any atom is 0.274 e. The highest BCUT2D eigenvalue weighted by molar-refractivity contribution is 6.31. The lowest BCUT2D eigenvalue weighted by Gasteiger charge is -2.11. The number of hydrogen-bond donors (Lipinski definition) is 2. The predicted molar refractivity (Wildman–Crippen MR) is 91.9 cm³/mol. The normalized spacial score (nSPS) is 10.2. The lowest BCUT2D eigenvalue weighted by Crippen LogP contribution is -2.22. The predicted octanol–water partition coefficient (Wildman–Crippen LogP) is 2.67. The highest BCUT2D eigenvalue weighted by Crippen LogP contribution is 2.25. The van der Waals surface area contributed by atoms with Gasteiger partial charge in [-0.2, -0.15) is 0 Å². The second-order valence-corrected chi connectivity index (χ2v) is 5.48. The largest absolute Gasteiger partial charge is 0.483 e. The van der Waals surface area contributed by atoms with Gasteiger partial charge in [0.25, 0.3) is 17.5 Å². The first-order valence-corrected chi connectivity index (χ1v) is 7.43. The molecule has 8 nitrogen and oxygen atoms in total. The average molecular weight is 364 g/mol. The van der Waals surface area contributed by atoms with Crippen molar-refractivity contribution in [3.8, 4) is 5.75 Å². The van der Waals surface area contributed by atoms with E-state index < -0.39 is 23.3 Å². The number of nitro benzene ring substituents is 1. The summed E-state index contributed by atoms with van der Waals surface area (Å²) in [6.45, 7) is 1.11. The van der Waals surface area contributed by atoms with Gasteiger partial charge in [0.05, 0.1) is 21.7 Å². The Hall–Kier alpha value is -3.13. The molecule has 2 aromatic carbocycles. The van der Waals surface area contributed by atoms with Crippen molar-refractivity contribution in [2.75, 3.05) is 11.9 Å². The summed E-state index contributed by atoms with van der Waals surface area (Å²) < 4.78 is 5.30. The van der Waals surface area contributed by atoms with Crippen LogP contribution < -0.4 is 15.8 Å². The molecule has 3 N–H and O–H groups in total. The average Bonchev–Trinajstić information content (AvgIpc) is 2.55. The lowest BCUT2D eigenvalue weighted by atomic mass is 10.1. The van der Waals surface area contributed by atoms with Gasteiger partial charge in [-0.25, -0.2) is 0 Å². The summed E-state index contributed by atoms with van der Waals surface area (Å²) in [6, 6.07) is 8.60. The number of carbonyl (C=O) groups excluding carboxylic acids is 2. The maximum atomic E-state index is 12.0. The number of carbonyl (C=O) groups is 2. The Bertz CT molecular complexity index is 854. The Morgan fingerprint density at radius 1 is 1.32 bits per heavy atom. The van der Waals surface area contributed by atoms with E-state index in [2.05, 4.69) is 5.32 Å². The molecular weight excluding hydrogens is 350 g/mol. The minimum absolute atomic E-state index is 0.0480. The number of nitrogens with one attached hydrogen (secondary N) is 1. The SMILES string of the molecule is Cc1c(NC(=O)COc2ccc(Cl)cc2C(N)=O)cccc1[N+](=O)[O-]. The van der Waals surface area contributed by atoms with Gasteiger partial charge in [0, 0.05) is 11.1 Å². The van der Waals surface area contributed by atoms with Crippen LogP contribution in [0.3, 0.4) is 0 Å². The molecule has 0 aliphatic carbocycles. The smallest absolute Gasteiger partial charge is 0.274 e. The first-order chi connectivity index (χ1) is 11.8. The molecule has 2 rings (SSSR count). The van der Waals surface area contributed by atoms with E-state index in [-0.39, 0.29) is 17.0 Å². The number of amides is 2. The summed E-state index contributed by atoms with van der Waals surface area (Å²) in [4.78, 5) is 33.8. The molecule has 2 amide bonds. The van der Waals surface area contributed by atoms with E-state index in [4.69, 9.17) is 22.1 Å². The van der Waals surface area contributed by atoms with E-state index in [1.54, 1.807) is 0 Å². The van der Waals surface area contributed by atoms with Crippen LogP contribution in [0.1, 0.15) is 15.9 Å². The van der Waals surface area contributed by atoms with Crippen LogP contribution in [0, 0.1) is 17.0 Å². The second-order valence-electron chi connectivity index (χ2n) is 5.05. The minimum atomic E-state index is -0.743. The molecule has 0 radical (unpaired) electrons.